The van der Waals surface area contributed by atoms with Gasteiger partial charge in [0, 0.05) is 31.5 Å². The molecule has 2 saturated heterocycles. The number of likely N-dealkylation sites (tertiary alicyclic amines) is 2. The minimum atomic E-state index is -0.181. The lowest BCUT2D eigenvalue weighted by Gasteiger charge is -2.40. The second-order valence-corrected chi connectivity index (χ2v) is 11.0. The van der Waals surface area contributed by atoms with Crippen molar-refractivity contribution < 1.29 is 4.79 Å². The molecule has 196 valence electrons. The zero-order chi connectivity index (χ0) is 24.5. The Balaban J connectivity index is 1.13. The largest absolute Gasteiger partial charge is 0.386 e. The van der Waals surface area contributed by atoms with Crippen LogP contribution in [-0.2, 0) is 6.54 Å². The smallest absolute Gasteiger partial charge is 0.318 e. The van der Waals surface area contributed by atoms with Crippen LogP contribution in [0.15, 0.2) is 12.4 Å². The van der Waals surface area contributed by atoms with E-state index >= 15 is 0 Å². The van der Waals surface area contributed by atoms with E-state index in [1.807, 2.05) is 0 Å². The number of carbonyl (C=O) groups excluding carboxylic acids is 1. The van der Waals surface area contributed by atoms with E-state index in [0.717, 1.165) is 37.9 Å². The highest BCUT2D eigenvalue weighted by atomic mass is 16.2. The molecule has 2 amide bonds. The number of carbonyl (C=O) groups is 1. The molecule has 0 radical (unpaired) electrons. The number of rotatable bonds is 9. The number of nitrogens with two attached hydrogens (primary N) is 1. The third-order valence-corrected chi connectivity index (χ3v) is 8.30. The van der Waals surface area contributed by atoms with Crippen LogP contribution in [0.25, 0.3) is 0 Å². The minimum Gasteiger partial charge on any atom is -0.386 e. The number of aromatic amines is 1. The molecule has 9 heteroatoms. The van der Waals surface area contributed by atoms with Crippen LogP contribution in [0.1, 0.15) is 70.0 Å². The lowest BCUT2D eigenvalue weighted by Crippen LogP contribution is -2.47. The molecule has 0 unspecified atom stereocenters. The van der Waals surface area contributed by atoms with Gasteiger partial charge >= 0.3 is 6.03 Å². The predicted molar refractivity (Wildman–Crippen MR) is 139 cm³/mol. The summed E-state index contributed by atoms with van der Waals surface area (Å²) in [5, 5.41) is 10.7. The molecule has 3 fully saturated rings. The van der Waals surface area contributed by atoms with Crippen LogP contribution in [0.2, 0.25) is 0 Å². The van der Waals surface area contributed by atoms with Gasteiger partial charge in [0.1, 0.15) is 11.7 Å². The summed E-state index contributed by atoms with van der Waals surface area (Å²) in [7, 11) is 0. The van der Waals surface area contributed by atoms with Crippen molar-refractivity contribution in [3.63, 3.8) is 0 Å². The summed E-state index contributed by atoms with van der Waals surface area (Å²) in [6.07, 6.45) is 16.9. The highest BCUT2D eigenvalue weighted by Gasteiger charge is 2.28. The van der Waals surface area contributed by atoms with E-state index in [0.29, 0.717) is 24.8 Å². The Bertz CT molecular complexity index is 760. The first-order valence-electron chi connectivity index (χ1n) is 13.9. The van der Waals surface area contributed by atoms with E-state index in [4.69, 9.17) is 11.1 Å². The van der Waals surface area contributed by atoms with Gasteiger partial charge in [-0.15, -0.1) is 0 Å². The minimum absolute atomic E-state index is 0.0277. The molecule has 0 aromatic carbocycles. The molecule has 0 bridgehead atoms. The van der Waals surface area contributed by atoms with Crippen LogP contribution < -0.4 is 11.1 Å². The second-order valence-electron chi connectivity index (χ2n) is 11.0. The van der Waals surface area contributed by atoms with E-state index in [1.165, 1.54) is 75.9 Å². The summed E-state index contributed by atoms with van der Waals surface area (Å²) in [6, 6.07) is 0.675. The van der Waals surface area contributed by atoms with E-state index in [9.17, 15) is 4.79 Å². The van der Waals surface area contributed by atoms with Gasteiger partial charge in [-0.05, 0) is 76.5 Å². The number of nitrogens with zero attached hydrogens (tertiary/aromatic N) is 4. The number of imidazole rings is 1. The summed E-state index contributed by atoms with van der Waals surface area (Å²) in [5.74, 6) is 2.01. The van der Waals surface area contributed by atoms with Crippen molar-refractivity contribution in [3.05, 3.63) is 18.2 Å². The maximum Gasteiger partial charge on any atom is 0.318 e. The molecule has 9 nitrogen and oxygen atoms in total. The van der Waals surface area contributed by atoms with Crippen molar-refractivity contribution in [3.8, 4) is 0 Å². The number of nitrogens with one attached hydrogen (secondary N) is 3. The fourth-order valence-electron chi connectivity index (χ4n) is 6.18. The number of H-pyrrole nitrogens is 1. The number of piperidine rings is 2. The normalized spacial score (nSPS) is 22.1. The van der Waals surface area contributed by atoms with Crippen LogP contribution in [0.4, 0.5) is 4.79 Å². The molecular formula is C26H46N8O. The average Bonchev–Trinajstić information content (AvgIpc) is 3.22. The lowest BCUT2D eigenvalue weighted by atomic mass is 9.91. The monoisotopic (exact) mass is 486 g/mol. The van der Waals surface area contributed by atoms with Crippen LogP contribution >= 0.6 is 0 Å². The molecule has 1 saturated carbocycles. The van der Waals surface area contributed by atoms with E-state index < -0.39 is 0 Å². The van der Waals surface area contributed by atoms with Gasteiger partial charge in [-0.3, -0.25) is 5.41 Å². The standard InChI is InChI=1S/C26H46N8O/c27-24(28)19-34(20-25-29-11-12-30-25)26(35)31-17-21-7-13-32(14-8-21)18-22-9-15-33(16-10-22)23-5-3-1-2-4-6-23/h11-12,21-23H,1-10,13-20H2,(H3,27,28)(H,29,30)(H,31,35). The zero-order valence-electron chi connectivity index (χ0n) is 21.4. The molecule has 3 heterocycles. The summed E-state index contributed by atoms with van der Waals surface area (Å²) in [6.45, 7) is 7.20. The molecule has 1 aliphatic carbocycles. The number of hydrogen-bond acceptors (Lipinski definition) is 5. The number of aromatic nitrogens is 2. The van der Waals surface area contributed by atoms with E-state index in [-0.39, 0.29) is 18.4 Å². The summed E-state index contributed by atoms with van der Waals surface area (Å²) in [4.78, 5) is 26.9. The molecule has 4 rings (SSSR count). The van der Waals surface area contributed by atoms with Gasteiger partial charge in [0.05, 0.1) is 13.1 Å². The fourth-order valence-corrected chi connectivity index (χ4v) is 6.18. The van der Waals surface area contributed by atoms with Gasteiger partial charge < -0.3 is 30.7 Å². The van der Waals surface area contributed by atoms with Crippen LogP contribution in [0.5, 0.6) is 0 Å². The average molecular weight is 487 g/mol. The van der Waals surface area contributed by atoms with Gasteiger partial charge in [-0.25, -0.2) is 9.78 Å². The molecule has 0 atom stereocenters. The maximum atomic E-state index is 12.7. The Morgan fingerprint density at radius 3 is 2.37 bits per heavy atom. The Morgan fingerprint density at radius 2 is 1.74 bits per heavy atom. The molecular weight excluding hydrogens is 440 g/mol. The maximum absolute atomic E-state index is 12.7. The van der Waals surface area contributed by atoms with Gasteiger partial charge in [0.2, 0.25) is 0 Å². The molecule has 35 heavy (non-hydrogen) atoms. The van der Waals surface area contributed by atoms with Gasteiger partial charge in [0.15, 0.2) is 0 Å². The molecule has 3 aliphatic rings. The number of urea groups is 1. The molecule has 1 aromatic rings. The second kappa shape index (κ2) is 13.3. The summed E-state index contributed by atoms with van der Waals surface area (Å²) >= 11 is 0. The summed E-state index contributed by atoms with van der Waals surface area (Å²) < 4.78 is 0. The van der Waals surface area contributed by atoms with Crippen molar-refractivity contribution in [2.75, 3.05) is 45.8 Å². The first-order valence-corrected chi connectivity index (χ1v) is 13.9. The highest BCUT2D eigenvalue weighted by Crippen LogP contribution is 2.28. The molecule has 5 N–H and O–H groups in total. The van der Waals surface area contributed by atoms with Gasteiger partial charge in [-0.2, -0.15) is 0 Å². The summed E-state index contributed by atoms with van der Waals surface area (Å²) in [5.41, 5.74) is 5.57. The van der Waals surface area contributed by atoms with Crippen LogP contribution in [0, 0.1) is 17.2 Å². The van der Waals surface area contributed by atoms with Crippen LogP contribution in [-0.4, -0.2) is 88.4 Å². The van der Waals surface area contributed by atoms with E-state index in [2.05, 4.69) is 25.1 Å². The third kappa shape index (κ3) is 8.20. The first kappa shape index (κ1) is 25.9. The van der Waals surface area contributed by atoms with Crippen molar-refractivity contribution in [2.24, 2.45) is 17.6 Å². The Labute approximate surface area is 210 Å². The third-order valence-electron chi connectivity index (χ3n) is 8.30. The topological polar surface area (TPSA) is 117 Å². The highest BCUT2D eigenvalue weighted by molar-refractivity contribution is 5.84. The molecule has 0 spiro atoms. The number of amidine groups is 1. The van der Waals surface area contributed by atoms with Crippen LogP contribution in [0.3, 0.4) is 0 Å². The first-order chi connectivity index (χ1) is 17.1. The van der Waals surface area contributed by atoms with E-state index in [1.54, 1.807) is 12.4 Å². The zero-order valence-corrected chi connectivity index (χ0v) is 21.4. The van der Waals surface area contributed by atoms with Crippen molar-refractivity contribution in [1.82, 2.24) is 30.0 Å². The quantitative estimate of drug-likeness (QED) is 0.243. The molecule has 2 aliphatic heterocycles. The number of amides is 2. The van der Waals surface area contributed by atoms with Crippen molar-refractivity contribution in [2.45, 2.75) is 76.8 Å². The van der Waals surface area contributed by atoms with Crippen molar-refractivity contribution in [1.29, 1.82) is 5.41 Å². The Kier molecular flexibility index (Phi) is 9.83. The van der Waals surface area contributed by atoms with Gasteiger partial charge in [0.25, 0.3) is 0 Å². The van der Waals surface area contributed by atoms with Crippen molar-refractivity contribution >= 4 is 11.9 Å². The lowest BCUT2D eigenvalue weighted by molar-refractivity contribution is 0.0901. The predicted octanol–water partition coefficient (Wildman–Crippen LogP) is 3.00. The van der Waals surface area contributed by atoms with Gasteiger partial charge in [-0.1, -0.05) is 25.7 Å². The Hall–Kier alpha value is -2.13. The Morgan fingerprint density at radius 1 is 1.06 bits per heavy atom. The fraction of sp³-hybridized carbons (Fsp3) is 0.808. The molecule has 1 aromatic heterocycles. The SMILES string of the molecule is N=C(N)CN(Cc1ncc[nH]1)C(=O)NCC1CCN(CC2CCN(C3CCCCCC3)CC2)CC1. The number of hydrogen-bond donors (Lipinski definition) is 4.